The number of phenolic OH excluding ortho intramolecular Hbond substituents is 1. The molecule has 208 valence electrons. The molecule has 1 rings (SSSR count). The number of hydrogen-bond acceptors (Lipinski definition) is 9. The predicted octanol–water partition coefficient (Wildman–Crippen LogP) is 1.97. The van der Waals surface area contributed by atoms with E-state index in [1.54, 1.807) is 33.8 Å². The van der Waals surface area contributed by atoms with E-state index in [-0.39, 0.29) is 43.9 Å². The van der Waals surface area contributed by atoms with Crippen LogP contribution in [0, 0.1) is 0 Å². The smallest absolute Gasteiger partial charge is 0.408 e. The lowest BCUT2D eigenvalue weighted by molar-refractivity contribution is -0.144. The molecule has 0 bridgehead atoms. The van der Waals surface area contributed by atoms with Gasteiger partial charge >= 0.3 is 12.1 Å². The van der Waals surface area contributed by atoms with E-state index in [4.69, 9.17) is 9.47 Å². The second-order valence-corrected chi connectivity index (χ2v) is 10.1. The summed E-state index contributed by atoms with van der Waals surface area (Å²) in [7, 11) is 0. The second-order valence-electron chi connectivity index (χ2n) is 9.08. The lowest BCUT2D eigenvalue weighted by Gasteiger charge is -2.34. The Kier molecular flexibility index (Phi) is 13.8. The quantitative estimate of drug-likeness (QED) is 0.259. The monoisotopic (exact) mass is 541 g/mol. The third kappa shape index (κ3) is 11.7. The summed E-state index contributed by atoms with van der Waals surface area (Å²) >= 11 is 1.48. The van der Waals surface area contributed by atoms with Crippen LogP contribution in [0.4, 0.5) is 4.79 Å². The van der Waals surface area contributed by atoms with E-state index in [9.17, 15) is 29.4 Å². The molecule has 0 heterocycles. The third-order valence-electron chi connectivity index (χ3n) is 4.90. The number of nitrogens with one attached hydrogen (secondary N) is 2. The molecule has 2 atom stereocenters. The zero-order valence-electron chi connectivity index (χ0n) is 22.1. The topological polar surface area (TPSA) is 154 Å². The number of phenols is 1. The van der Waals surface area contributed by atoms with E-state index in [0.717, 1.165) is 4.90 Å². The number of hydrogen-bond donors (Lipinski definition) is 4. The molecule has 0 saturated carbocycles. The minimum atomic E-state index is -1.26. The molecule has 2 unspecified atom stereocenters. The summed E-state index contributed by atoms with van der Waals surface area (Å²) in [6.45, 7) is 6.24. The first-order valence-electron chi connectivity index (χ1n) is 12.1. The number of benzene rings is 1. The van der Waals surface area contributed by atoms with Crippen molar-refractivity contribution >= 4 is 35.6 Å². The Morgan fingerprint density at radius 3 is 2.46 bits per heavy atom. The fraction of sp³-hybridized carbons (Fsp3) is 0.600. The SMILES string of the molecule is CCOC(=O)CCNC(=O)C(c1cccc(O)c1)N(CCO)C(=O)C(CCSC)NC(=O)OC(C)(C)C. The van der Waals surface area contributed by atoms with Crippen molar-refractivity contribution in [2.75, 3.05) is 38.3 Å². The van der Waals surface area contributed by atoms with Gasteiger partial charge < -0.3 is 35.2 Å². The first-order valence-corrected chi connectivity index (χ1v) is 13.4. The third-order valence-corrected chi connectivity index (χ3v) is 5.55. The fourth-order valence-corrected chi connectivity index (χ4v) is 3.87. The summed E-state index contributed by atoms with van der Waals surface area (Å²) in [6, 6.07) is 3.54. The van der Waals surface area contributed by atoms with Gasteiger partial charge in [0.15, 0.2) is 0 Å². The minimum absolute atomic E-state index is 0.0415. The van der Waals surface area contributed by atoms with Crippen LogP contribution in [0.5, 0.6) is 5.75 Å². The Hall–Kier alpha value is -2.99. The second kappa shape index (κ2) is 16.0. The number of esters is 1. The average Bonchev–Trinajstić information content (AvgIpc) is 2.80. The van der Waals surface area contributed by atoms with Crippen LogP contribution in [-0.2, 0) is 23.9 Å². The Labute approximate surface area is 222 Å². The molecule has 11 nitrogen and oxygen atoms in total. The predicted molar refractivity (Wildman–Crippen MR) is 140 cm³/mol. The van der Waals surface area contributed by atoms with Gasteiger partial charge in [0.05, 0.1) is 19.6 Å². The number of amides is 3. The molecule has 3 amide bonds. The molecule has 0 aliphatic heterocycles. The summed E-state index contributed by atoms with van der Waals surface area (Å²) in [5.74, 6) is -1.31. The zero-order chi connectivity index (χ0) is 28.0. The van der Waals surface area contributed by atoms with Gasteiger partial charge in [0.2, 0.25) is 11.8 Å². The van der Waals surface area contributed by atoms with E-state index >= 15 is 0 Å². The zero-order valence-corrected chi connectivity index (χ0v) is 22.9. The number of aliphatic hydroxyl groups is 1. The first-order chi connectivity index (χ1) is 17.4. The van der Waals surface area contributed by atoms with Crippen molar-refractivity contribution in [3.63, 3.8) is 0 Å². The van der Waals surface area contributed by atoms with Gasteiger partial charge in [0.25, 0.3) is 0 Å². The van der Waals surface area contributed by atoms with Gasteiger partial charge in [-0.2, -0.15) is 11.8 Å². The molecular formula is C25H39N3O8S. The molecule has 0 spiro atoms. The molecule has 37 heavy (non-hydrogen) atoms. The van der Waals surface area contributed by atoms with Crippen molar-refractivity contribution in [1.82, 2.24) is 15.5 Å². The van der Waals surface area contributed by atoms with Crippen molar-refractivity contribution in [2.45, 2.75) is 58.2 Å². The summed E-state index contributed by atoms with van der Waals surface area (Å²) in [4.78, 5) is 52.4. The summed E-state index contributed by atoms with van der Waals surface area (Å²) in [5, 5.41) is 25.0. The Bertz CT molecular complexity index is 906. The van der Waals surface area contributed by atoms with Crippen molar-refractivity contribution in [3.05, 3.63) is 29.8 Å². The lowest BCUT2D eigenvalue weighted by Crippen LogP contribution is -2.54. The van der Waals surface area contributed by atoms with E-state index in [2.05, 4.69) is 10.6 Å². The molecule has 1 aromatic rings. The van der Waals surface area contributed by atoms with Gasteiger partial charge in [0, 0.05) is 13.1 Å². The first kappa shape index (κ1) is 32.0. The Morgan fingerprint density at radius 2 is 1.89 bits per heavy atom. The van der Waals surface area contributed by atoms with Gasteiger partial charge in [-0.3, -0.25) is 14.4 Å². The molecule has 12 heteroatoms. The molecule has 0 aliphatic carbocycles. The molecule has 0 aliphatic rings. The van der Waals surface area contributed by atoms with Crippen LogP contribution in [0.1, 0.15) is 52.1 Å². The normalized spacial score (nSPS) is 12.7. The van der Waals surface area contributed by atoms with Gasteiger partial charge in [-0.15, -0.1) is 0 Å². The number of alkyl carbamates (subject to hydrolysis) is 1. The number of nitrogens with zero attached hydrogens (tertiary/aromatic N) is 1. The molecule has 0 radical (unpaired) electrons. The Balaban J connectivity index is 3.31. The fourth-order valence-electron chi connectivity index (χ4n) is 3.40. The molecule has 0 saturated heterocycles. The van der Waals surface area contributed by atoms with Crippen LogP contribution in [0.2, 0.25) is 0 Å². The van der Waals surface area contributed by atoms with Gasteiger partial charge in [-0.1, -0.05) is 12.1 Å². The van der Waals surface area contributed by atoms with Crippen molar-refractivity contribution in [2.24, 2.45) is 0 Å². The molecule has 0 aromatic heterocycles. The number of aromatic hydroxyl groups is 1. The highest BCUT2D eigenvalue weighted by molar-refractivity contribution is 7.98. The molecular weight excluding hydrogens is 502 g/mol. The minimum Gasteiger partial charge on any atom is -0.508 e. The number of aliphatic hydroxyl groups excluding tert-OH is 1. The van der Waals surface area contributed by atoms with Gasteiger partial charge in [-0.05, 0) is 63.8 Å². The van der Waals surface area contributed by atoms with E-state index in [1.807, 2.05) is 6.26 Å². The summed E-state index contributed by atoms with van der Waals surface area (Å²) < 4.78 is 10.2. The van der Waals surface area contributed by atoms with Crippen molar-refractivity contribution in [3.8, 4) is 5.75 Å². The molecule has 1 aromatic carbocycles. The Morgan fingerprint density at radius 1 is 1.19 bits per heavy atom. The van der Waals surface area contributed by atoms with Crippen LogP contribution >= 0.6 is 11.8 Å². The summed E-state index contributed by atoms with van der Waals surface area (Å²) in [5.41, 5.74) is -0.499. The molecule has 0 fully saturated rings. The number of ether oxygens (including phenoxy) is 2. The number of rotatable bonds is 14. The average molecular weight is 542 g/mol. The van der Waals surface area contributed by atoms with E-state index in [0.29, 0.717) is 5.75 Å². The van der Waals surface area contributed by atoms with Crippen LogP contribution in [-0.4, -0.2) is 88.9 Å². The van der Waals surface area contributed by atoms with Gasteiger partial charge in [0.1, 0.15) is 23.4 Å². The number of carbonyl (C=O) groups excluding carboxylic acids is 4. The van der Waals surface area contributed by atoms with Crippen LogP contribution in [0.15, 0.2) is 24.3 Å². The molecule has 4 N–H and O–H groups in total. The van der Waals surface area contributed by atoms with Gasteiger partial charge in [-0.25, -0.2) is 4.79 Å². The maximum absolute atomic E-state index is 13.7. The maximum atomic E-state index is 13.7. The maximum Gasteiger partial charge on any atom is 0.408 e. The van der Waals surface area contributed by atoms with Crippen molar-refractivity contribution < 1.29 is 38.9 Å². The highest BCUT2D eigenvalue weighted by Crippen LogP contribution is 2.26. The summed E-state index contributed by atoms with van der Waals surface area (Å²) in [6.07, 6.45) is 1.24. The van der Waals surface area contributed by atoms with Crippen LogP contribution < -0.4 is 10.6 Å². The largest absolute Gasteiger partial charge is 0.508 e. The van der Waals surface area contributed by atoms with E-state index < -0.39 is 48.2 Å². The highest BCUT2D eigenvalue weighted by atomic mass is 32.2. The van der Waals surface area contributed by atoms with Crippen LogP contribution in [0.3, 0.4) is 0 Å². The van der Waals surface area contributed by atoms with Crippen molar-refractivity contribution in [1.29, 1.82) is 0 Å². The number of carbonyl (C=O) groups is 4. The standard InChI is InChI=1S/C25H39N3O8S/c1-6-35-20(31)10-12-26-22(32)21(17-8-7-9-18(30)16-17)28(13-14-29)23(33)19(11-15-37-5)27-24(34)36-25(2,3)4/h7-9,16,19,21,29-30H,6,10-15H2,1-5H3,(H,26,32)(H,27,34). The lowest BCUT2D eigenvalue weighted by atomic mass is 10.0. The van der Waals surface area contributed by atoms with Crippen LogP contribution in [0.25, 0.3) is 0 Å². The number of thioether (sulfide) groups is 1. The van der Waals surface area contributed by atoms with E-state index in [1.165, 1.54) is 30.0 Å². The highest BCUT2D eigenvalue weighted by Gasteiger charge is 2.36.